The zero-order valence-corrected chi connectivity index (χ0v) is 13.0. The van der Waals surface area contributed by atoms with Crippen LogP contribution in [-0.4, -0.2) is 57.0 Å². The van der Waals surface area contributed by atoms with E-state index in [1.165, 1.54) is 17.7 Å². The summed E-state index contributed by atoms with van der Waals surface area (Å²) in [6.07, 6.45) is 6.87. The smallest absolute Gasteiger partial charge is 0.317 e. The summed E-state index contributed by atoms with van der Waals surface area (Å²) < 4.78 is 2.19. The second-order valence-electron chi connectivity index (χ2n) is 5.43. The molecule has 2 amide bonds. The lowest BCUT2D eigenvalue weighted by Crippen LogP contribution is -2.42. The Balaban J connectivity index is 1.84. The number of hydrogen-bond acceptors (Lipinski definition) is 4. The number of carbonyl (C=O) groups is 1. The molecule has 0 bridgehead atoms. The monoisotopic (exact) mass is 307 g/mol. The quantitative estimate of drug-likeness (QED) is 0.728. The number of hydrogen-bond donors (Lipinski definition) is 2. The lowest BCUT2D eigenvalue weighted by atomic mass is 10.2. The third kappa shape index (κ3) is 4.30. The molecule has 0 aliphatic carbocycles. The third-order valence-electron chi connectivity index (χ3n) is 3.82. The third-order valence-corrected chi connectivity index (χ3v) is 3.82. The number of nitrogens with zero attached hydrogens (tertiary/aromatic N) is 4. The minimum absolute atomic E-state index is 0.0566. The SMILES string of the molecule is C=CCN(CCO)C(=O)NCCc1nnc2n1CCCCC2. The summed E-state index contributed by atoms with van der Waals surface area (Å²) in [5, 5.41) is 20.3. The van der Waals surface area contributed by atoms with Crippen molar-refractivity contribution in [2.45, 2.75) is 38.6 Å². The standard InChI is InChI=1S/C15H25N5O2/c1-2-9-19(11-12-21)15(22)16-8-7-14-18-17-13-6-4-3-5-10-20(13)14/h2,21H,1,3-12H2,(H,16,22). The Morgan fingerprint density at radius 1 is 1.41 bits per heavy atom. The molecule has 7 nitrogen and oxygen atoms in total. The van der Waals surface area contributed by atoms with Gasteiger partial charge in [-0.05, 0) is 12.8 Å². The van der Waals surface area contributed by atoms with Crippen molar-refractivity contribution in [2.24, 2.45) is 0 Å². The van der Waals surface area contributed by atoms with Crippen LogP contribution >= 0.6 is 0 Å². The Morgan fingerprint density at radius 2 is 2.27 bits per heavy atom. The number of urea groups is 1. The fourth-order valence-corrected chi connectivity index (χ4v) is 2.68. The van der Waals surface area contributed by atoms with Gasteiger partial charge in [-0.3, -0.25) is 0 Å². The molecule has 2 N–H and O–H groups in total. The molecule has 2 rings (SSSR count). The van der Waals surface area contributed by atoms with E-state index in [0.29, 0.717) is 26.1 Å². The zero-order valence-electron chi connectivity index (χ0n) is 13.0. The largest absolute Gasteiger partial charge is 0.395 e. The number of aliphatic hydroxyl groups is 1. The van der Waals surface area contributed by atoms with Crippen molar-refractivity contribution in [1.82, 2.24) is 25.0 Å². The van der Waals surface area contributed by atoms with Crippen molar-refractivity contribution in [3.63, 3.8) is 0 Å². The van der Waals surface area contributed by atoms with Gasteiger partial charge in [0.15, 0.2) is 0 Å². The first-order valence-electron chi connectivity index (χ1n) is 7.91. The Morgan fingerprint density at radius 3 is 3.05 bits per heavy atom. The average molecular weight is 307 g/mol. The molecule has 0 atom stereocenters. The van der Waals surface area contributed by atoms with Gasteiger partial charge in [0.2, 0.25) is 0 Å². The van der Waals surface area contributed by atoms with Gasteiger partial charge in [-0.15, -0.1) is 16.8 Å². The zero-order chi connectivity index (χ0) is 15.8. The Kier molecular flexibility index (Phi) is 6.39. The van der Waals surface area contributed by atoms with Gasteiger partial charge in [0.1, 0.15) is 11.6 Å². The number of aromatic nitrogens is 3. The molecule has 0 spiro atoms. The van der Waals surface area contributed by atoms with Gasteiger partial charge in [-0.2, -0.15) is 0 Å². The molecule has 7 heteroatoms. The summed E-state index contributed by atoms with van der Waals surface area (Å²) >= 11 is 0. The van der Waals surface area contributed by atoms with E-state index in [2.05, 4.69) is 26.7 Å². The first-order valence-corrected chi connectivity index (χ1v) is 7.91. The number of carbonyl (C=O) groups excluding carboxylic acids is 1. The highest BCUT2D eigenvalue weighted by Gasteiger charge is 2.15. The molecule has 22 heavy (non-hydrogen) atoms. The van der Waals surface area contributed by atoms with Crippen LogP contribution in [0, 0.1) is 0 Å². The molecule has 0 saturated heterocycles. The first kappa shape index (κ1) is 16.5. The molecule has 0 saturated carbocycles. The molecular formula is C15H25N5O2. The molecule has 1 aliphatic rings. The highest BCUT2D eigenvalue weighted by molar-refractivity contribution is 5.74. The van der Waals surface area contributed by atoms with Crippen molar-refractivity contribution >= 4 is 6.03 Å². The van der Waals surface area contributed by atoms with Crippen molar-refractivity contribution in [3.05, 3.63) is 24.3 Å². The predicted octanol–water partition coefficient (Wildman–Crippen LogP) is 0.737. The average Bonchev–Trinajstić information content (AvgIpc) is 2.74. The van der Waals surface area contributed by atoms with Crippen LogP contribution in [0.15, 0.2) is 12.7 Å². The summed E-state index contributed by atoms with van der Waals surface area (Å²) in [7, 11) is 0. The number of aryl methyl sites for hydroxylation is 1. The number of amides is 2. The van der Waals surface area contributed by atoms with Crippen LogP contribution < -0.4 is 5.32 Å². The maximum Gasteiger partial charge on any atom is 0.317 e. The maximum atomic E-state index is 12.0. The fraction of sp³-hybridized carbons (Fsp3) is 0.667. The normalized spacial score (nSPS) is 14.0. The van der Waals surface area contributed by atoms with Crippen molar-refractivity contribution in [2.75, 3.05) is 26.2 Å². The van der Waals surface area contributed by atoms with Crippen LogP contribution in [0.2, 0.25) is 0 Å². The second-order valence-corrected chi connectivity index (χ2v) is 5.43. The number of rotatable bonds is 7. The predicted molar refractivity (Wildman–Crippen MR) is 83.5 cm³/mol. The van der Waals surface area contributed by atoms with Gasteiger partial charge in [-0.1, -0.05) is 12.5 Å². The van der Waals surface area contributed by atoms with Crippen LogP contribution in [0.5, 0.6) is 0 Å². The van der Waals surface area contributed by atoms with Crippen LogP contribution in [0.1, 0.15) is 30.9 Å². The van der Waals surface area contributed by atoms with Crippen LogP contribution in [0.3, 0.4) is 0 Å². The first-order chi connectivity index (χ1) is 10.8. The van der Waals surface area contributed by atoms with Crippen LogP contribution in [0.4, 0.5) is 4.79 Å². The van der Waals surface area contributed by atoms with E-state index in [9.17, 15) is 4.79 Å². The van der Waals surface area contributed by atoms with Gasteiger partial charge < -0.3 is 19.9 Å². The number of aliphatic hydroxyl groups excluding tert-OH is 1. The molecule has 0 unspecified atom stereocenters. The summed E-state index contributed by atoms with van der Waals surface area (Å²) in [5.74, 6) is 2.00. The molecule has 1 aromatic heterocycles. The summed E-state index contributed by atoms with van der Waals surface area (Å²) in [6.45, 7) is 5.77. The van der Waals surface area contributed by atoms with Gasteiger partial charge in [0.25, 0.3) is 0 Å². The van der Waals surface area contributed by atoms with Crippen molar-refractivity contribution < 1.29 is 9.90 Å². The molecule has 0 radical (unpaired) electrons. The summed E-state index contributed by atoms with van der Waals surface area (Å²) in [5.41, 5.74) is 0. The molecule has 122 valence electrons. The fourth-order valence-electron chi connectivity index (χ4n) is 2.68. The van der Waals surface area contributed by atoms with Crippen molar-refractivity contribution in [1.29, 1.82) is 0 Å². The van der Waals surface area contributed by atoms with Crippen LogP contribution in [-0.2, 0) is 19.4 Å². The van der Waals surface area contributed by atoms with E-state index < -0.39 is 0 Å². The minimum Gasteiger partial charge on any atom is -0.395 e. The van der Waals surface area contributed by atoms with Crippen LogP contribution in [0.25, 0.3) is 0 Å². The van der Waals surface area contributed by atoms with E-state index in [1.807, 2.05) is 0 Å². The highest BCUT2D eigenvalue weighted by Crippen LogP contribution is 2.14. The van der Waals surface area contributed by atoms with E-state index in [-0.39, 0.29) is 12.6 Å². The van der Waals surface area contributed by atoms with E-state index in [0.717, 1.165) is 31.0 Å². The van der Waals surface area contributed by atoms with Gasteiger partial charge in [0.05, 0.1) is 6.61 Å². The Hall–Kier alpha value is -1.89. The number of nitrogens with one attached hydrogen (secondary N) is 1. The van der Waals surface area contributed by atoms with Gasteiger partial charge in [0, 0.05) is 39.0 Å². The molecular weight excluding hydrogens is 282 g/mol. The van der Waals surface area contributed by atoms with E-state index in [4.69, 9.17) is 5.11 Å². The minimum atomic E-state index is -0.190. The summed E-state index contributed by atoms with van der Waals surface area (Å²) in [6, 6.07) is -0.190. The lowest BCUT2D eigenvalue weighted by molar-refractivity contribution is 0.184. The van der Waals surface area contributed by atoms with E-state index in [1.54, 1.807) is 6.08 Å². The molecule has 2 heterocycles. The molecule has 0 aromatic carbocycles. The van der Waals surface area contributed by atoms with Gasteiger partial charge in [-0.25, -0.2) is 4.79 Å². The van der Waals surface area contributed by atoms with Gasteiger partial charge >= 0.3 is 6.03 Å². The molecule has 0 fully saturated rings. The Bertz CT molecular complexity index is 500. The highest BCUT2D eigenvalue weighted by atomic mass is 16.3. The molecule has 1 aromatic rings. The summed E-state index contributed by atoms with van der Waals surface area (Å²) in [4.78, 5) is 13.5. The molecule has 1 aliphatic heterocycles. The lowest BCUT2D eigenvalue weighted by Gasteiger charge is -2.20. The van der Waals surface area contributed by atoms with Crippen molar-refractivity contribution in [3.8, 4) is 0 Å². The van der Waals surface area contributed by atoms with E-state index >= 15 is 0 Å². The number of fused-ring (bicyclic) bond motifs is 1. The second kappa shape index (κ2) is 8.53. The maximum absolute atomic E-state index is 12.0. The topological polar surface area (TPSA) is 83.3 Å². The Labute approximate surface area is 131 Å².